The molecule has 4 rings (SSSR count). The molecule has 0 amide bonds. The monoisotopic (exact) mass is 308 g/mol. The van der Waals surface area contributed by atoms with E-state index < -0.39 is 10.9 Å². The van der Waals surface area contributed by atoms with E-state index in [1.807, 2.05) is 24.3 Å². The molecule has 0 aliphatic heterocycles. The predicted octanol–water partition coefficient (Wildman–Crippen LogP) is 1.38. The van der Waals surface area contributed by atoms with E-state index in [9.17, 15) is 9.59 Å². The number of rotatable bonds is 4. The van der Waals surface area contributed by atoms with Gasteiger partial charge in [0.1, 0.15) is 17.7 Å². The fourth-order valence-electron chi connectivity index (χ4n) is 2.45. The molecule has 2 aromatic carbocycles. The molecule has 0 spiro atoms. The molecule has 0 unspecified atom stereocenters. The molecular formula is C15H12N6O2. The van der Waals surface area contributed by atoms with Gasteiger partial charge in [0.25, 0.3) is 10.9 Å². The number of benzene rings is 1. The molecule has 0 aliphatic carbocycles. The van der Waals surface area contributed by atoms with Crippen LogP contribution in [0.15, 0.2) is 46.4 Å². The van der Waals surface area contributed by atoms with Crippen molar-refractivity contribution in [3.05, 3.63) is 57.2 Å². The molecular weight excluding hydrogens is 296 g/mol. The normalized spacial score (nSPS) is 11.2. The smallest absolute Gasteiger partial charge is 0.253 e. The van der Waals surface area contributed by atoms with Gasteiger partial charge in [0, 0.05) is 24.1 Å². The maximum Gasteiger partial charge on any atom is 0.253 e. The molecule has 3 N–H and O–H groups in total. The molecule has 0 radical (unpaired) electrons. The minimum atomic E-state index is -0.584. The molecule has 8 heteroatoms. The highest BCUT2D eigenvalue weighted by atomic mass is 16.2. The Hall–Kier alpha value is -3.42. The number of anilines is 4. The van der Waals surface area contributed by atoms with E-state index in [2.05, 4.69) is 25.7 Å². The third kappa shape index (κ3) is 2.08. The van der Waals surface area contributed by atoms with Crippen molar-refractivity contribution < 1.29 is 0 Å². The summed E-state index contributed by atoms with van der Waals surface area (Å²) in [5, 5.41) is 10.8. The molecule has 2 aromatic heterocycles. The lowest BCUT2D eigenvalue weighted by Crippen LogP contribution is -2.36. The first kappa shape index (κ1) is 13.3. The van der Waals surface area contributed by atoms with Gasteiger partial charge in [0.2, 0.25) is 5.95 Å². The third-order valence-corrected chi connectivity index (χ3v) is 3.60. The number of hydrogen-bond donors (Lipinski definition) is 3. The Labute approximate surface area is 129 Å². The molecule has 0 saturated heterocycles. The second-order valence-electron chi connectivity index (χ2n) is 5.15. The number of aromatic nitrogens is 4. The molecule has 0 fully saturated rings. The van der Waals surface area contributed by atoms with Crippen LogP contribution < -0.4 is 21.5 Å². The second-order valence-corrected chi connectivity index (χ2v) is 5.15. The summed E-state index contributed by atoms with van der Waals surface area (Å²) in [6.45, 7) is 0. The lowest BCUT2D eigenvalue weighted by atomic mass is 10.1. The zero-order valence-electron chi connectivity index (χ0n) is 12.1. The minimum absolute atomic E-state index is 0.173. The number of hydrogen-bond acceptors (Lipinski definition) is 6. The number of H-pyrrole nitrogens is 1. The fraction of sp³-hybridized carbons (Fsp3) is 0.0667. The van der Waals surface area contributed by atoms with Gasteiger partial charge in [-0.25, -0.2) is 4.98 Å². The van der Waals surface area contributed by atoms with Gasteiger partial charge in [-0.1, -0.05) is 18.2 Å². The van der Waals surface area contributed by atoms with Crippen molar-refractivity contribution in [2.45, 2.75) is 0 Å². The molecule has 0 saturated carbocycles. The maximum absolute atomic E-state index is 11.9. The van der Waals surface area contributed by atoms with Gasteiger partial charge < -0.3 is 15.6 Å². The van der Waals surface area contributed by atoms with Crippen molar-refractivity contribution in [2.75, 3.05) is 10.6 Å². The zero-order valence-corrected chi connectivity index (χ0v) is 12.1. The molecule has 0 atom stereocenters. The first-order valence-electron chi connectivity index (χ1n) is 6.92. The van der Waals surface area contributed by atoms with E-state index in [-0.39, 0.29) is 17.3 Å². The molecule has 0 aliphatic rings. The van der Waals surface area contributed by atoms with Gasteiger partial charge in [0.05, 0.1) is 5.69 Å². The van der Waals surface area contributed by atoms with E-state index in [1.54, 1.807) is 13.2 Å². The van der Waals surface area contributed by atoms with Gasteiger partial charge in [-0.2, -0.15) is 0 Å². The number of para-hydroxylation sites is 1. The van der Waals surface area contributed by atoms with Gasteiger partial charge in [0.15, 0.2) is 0 Å². The largest absolute Gasteiger partial charge is 0.359 e. The van der Waals surface area contributed by atoms with E-state index in [1.165, 1.54) is 11.0 Å². The predicted molar refractivity (Wildman–Crippen MR) is 87.2 cm³/mol. The number of aryl methyl sites for hydroxylation is 1. The third-order valence-electron chi connectivity index (χ3n) is 3.60. The van der Waals surface area contributed by atoms with Crippen molar-refractivity contribution in [2.24, 2.45) is 7.05 Å². The van der Waals surface area contributed by atoms with Crippen LogP contribution in [0.5, 0.6) is 0 Å². The summed E-state index contributed by atoms with van der Waals surface area (Å²) < 4.78 is 1.50. The highest BCUT2D eigenvalue weighted by Gasteiger charge is 2.23. The van der Waals surface area contributed by atoms with Crippen LogP contribution in [-0.2, 0) is 7.05 Å². The van der Waals surface area contributed by atoms with Crippen LogP contribution in [0.2, 0.25) is 0 Å². The van der Waals surface area contributed by atoms with Crippen LogP contribution in [0, 0.1) is 0 Å². The summed E-state index contributed by atoms with van der Waals surface area (Å²) in [6, 6.07) is 7.67. The van der Waals surface area contributed by atoms with Crippen LogP contribution in [0.25, 0.3) is 10.9 Å². The van der Waals surface area contributed by atoms with Crippen molar-refractivity contribution in [1.29, 1.82) is 0 Å². The average Bonchev–Trinajstić information content (AvgIpc) is 3.16. The van der Waals surface area contributed by atoms with E-state index >= 15 is 0 Å². The molecule has 8 nitrogen and oxygen atoms in total. The molecule has 114 valence electrons. The minimum Gasteiger partial charge on any atom is -0.359 e. The first-order valence-corrected chi connectivity index (χ1v) is 6.92. The number of nitrogens with zero attached hydrogens (tertiary/aromatic N) is 3. The van der Waals surface area contributed by atoms with Crippen molar-refractivity contribution in [1.82, 2.24) is 19.7 Å². The Morgan fingerprint density at radius 1 is 1.09 bits per heavy atom. The second kappa shape index (κ2) is 4.80. The number of nitrogens with one attached hydrogen (secondary N) is 3. The van der Waals surface area contributed by atoms with Crippen LogP contribution in [-0.4, -0.2) is 19.7 Å². The van der Waals surface area contributed by atoms with Gasteiger partial charge in [-0.15, -0.1) is 5.10 Å². The first-order chi connectivity index (χ1) is 11.1. The van der Waals surface area contributed by atoms with Gasteiger partial charge in [-0.3, -0.25) is 14.3 Å². The Morgan fingerprint density at radius 3 is 2.57 bits per heavy atom. The lowest BCUT2D eigenvalue weighted by molar-refractivity contribution is 0.768. The van der Waals surface area contributed by atoms with E-state index in [0.717, 1.165) is 16.6 Å². The summed E-state index contributed by atoms with van der Waals surface area (Å²) in [6.07, 6.45) is 3.25. The Kier molecular flexibility index (Phi) is 2.77. The van der Waals surface area contributed by atoms with Crippen LogP contribution in [0.4, 0.5) is 23.0 Å². The summed E-state index contributed by atoms with van der Waals surface area (Å²) in [7, 11) is 1.71. The van der Waals surface area contributed by atoms with Crippen LogP contribution in [0.1, 0.15) is 0 Å². The van der Waals surface area contributed by atoms with Gasteiger partial charge in [-0.05, 0) is 6.07 Å². The Balaban J connectivity index is 1.69. The van der Waals surface area contributed by atoms with Crippen molar-refractivity contribution in [3.8, 4) is 0 Å². The standard InChI is InChI=1S/C15H12N6O2/c1-21-7-17-15(20-21)19-12-11(13(22)14(12)23)18-10-6-16-9-5-3-2-4-8(9)10/h2-7,16,18H,1H3,(H,19,20). The van der Waals surface area contributed by atoms with E-state index in [0.29, 0.717) is 0 Å². The number of aromatic amines is 1. The topological polar surface area (TPSA) is 105 Å². The maximum atomic E-state index is 11.9. The summed E-state index contributed by atoms with van der Waals surface area (Å²) in [4.78, 5) is 30.8. The molecule has 2 heterocycles. The molecule has 23 heavy (non-hydrogen) atoms. The fourth-order valence-corrected chi connectivity index (χ4v) is 2.45. The highest BCUT2D eigenvalue weighted by molar-refractivity contribution is 5.96. The molecule has 4 aromatic rings. The summed E-state index contributed by atoms with van der Waals surface area (Å²) in [5.74, 6) is 0.265. The van der Waals surface area contributed by atoms with Gasteiger partial charge >= 0.3 is 0 Å². The Bertz CT molecular complexity index is 1080. The molecule has 0 bridgehead atoms. The summed E-state index contributed by atoms with van der Waals surface area (Å²) in [5.41, 5.74) is 0.909. The number of fused-ring (bicyclic) bond motifs is 1. The van der Waals surface area contributed by atoms with Crippen molar-refractivity contribution in [3.63, 3.8) is 0 Å². The van der Waals surface area contributed by atoms with Crippen LogP contribution in [0.3, 0.4) is 0 Å². The van der Waals surface area contributed by atoms with Crippen molar-refractivity contribution >= 4 is 33.9 Å². The quantitative estimate of drug-likeness (QED) is 0.492. The van der Waals surface area contributed by atoms with E-state index in [4.69, 9.17) is 0 Å². The lowest BCUT2D eigenvalue weighted by Gasteiger charge is -2.12. The zero-order chi connectivity index (χ0) is 16.0. The average molecular weight is 308 g/mol. The van der Waals surface area contributed by atoms with Crippen LogP contribution >= 0.6 is 0 Å². The SMILES string of the molecule is Cn1cnc(Nc2c(Nc3c[nH]c4ccccc34)c(=O)c2=O)n1. The highest BCUT2D eigenvalue weighted by Crippen LogP contribution is 2.28. The Morgan fingerprint density at radius 2 is 1.83 bits per heavy atom. The summed E-state index contributed by atoms with van der Waals surface area (Å²) >= 11 is 0.